The highest BCUT2D eigenvalue weighted by molar-refractivity contribution is 5.92. The van der Waals surface area contributed by atoms with Gasteiger partial charge >= 0.3 is 0 Å². The number of carbonyl (C=O) groups is 1. The molecule has 0 radical (unpaired) electrons. The average Bonchev–Trinajstić information content (AvgIpc) is 2.49. The summed E-state index contributed by atoms with van der Waals surface area (Å²) in [5.74, 6) is -0.316. The second kappa shape index (κ2) is 7.27. The fourth-order valence-electron chi connectivity index (χ4n) is 2.35. The van der Waals surface area contributed by atoms with Gasteiger partial charge in [-0.3, -0.25) is 4.79 Å². The number of benzene rings is 2. The molecule has 2 aromatic carbocycles. The van der Waals surface area contributed by atoms with Gasteiger partial charge in [-0.05, 0) is 41.3 Å². The van der Waals surface area contributed by atoms with Gasteiger partial charge in [0.15, 0.2) is 0 Å². The Balaban J connectivity index is 1.89. The molecule has 0 heterocycles. The minimum absolute atomic E-state index is 0.0315. The number of nitrogens with one attached hydrogen (secondary N) is 2. The lowest BCUT2D eigenvalue weighted by atomic mass is 9.86. The number of para-hydroxylation sites is 1. The maximum Gasteiger partial charge on any atom is 0.226 e. The van der Waals surface area contributed by atoms with Crippen LogP contribution in [-0.4, -0.2) is 12.5 Å². The zero-order valence-corrected chi connectivity index (χ0v) is 13.8. The first-order chi connectivity index (χ1) is 10.9. The Morgan fingerprint density at radius 1 is 1.04 bits per heavy atom. The lowest BCUT2D eigenvalue weighted by Crippen LogP contribution is -2.20. The molecule has 0 aliphatic carbocycles. The molecule has 0 fully saturated rings. The molecule has 23 heavy (non-hydrogen) atoms. The van der Waals surface area contributed by atoms with Gasteiger partial charge in [-0.15, -0.1) is 0 Å². The summed E-state index contributed by atoms with van der Waals surface area (Å²) in [4.78, 5) is 12.1. The number of amides is 1. The fourth-order valence-corrected chi connectivity index (χ4v) is 2.35. The van der Waals surface area contributed by atoms with Crippen LogP contribution in [0.5, 0.6) is 0 Å². The molecule has 4 heteroatoms. The quantitative estimate of drug-likeness (QED) is 0.849. The maximum absolute atomic E-state index is 12.8. The van der Waals surface area contributed by atoms with E-state index in [0.717, 1.165) is 16.9 Å². The van der Waals surface area contributed by atoms with E-state index in [2.05, 4.69) is 31.4 Å². The highest BCUT2D eigenvalue weighted by Crippen LogP contribution is 2.29. The lowest BCUT2D eigenvalue weighted by molar-refractivity contribution is -0.115. The van der Waals surface area contributed by atoms with Gasteiger partial charge in [0, 0.05) is 24.3 Å². The summed E-state index contributed by atoms with van der Waals surface area (Å²) in [5, 5.41) is 6.08. The second-order valence-corrected chi connectivity index (χ2v) is 6.53. The molecular formula is C19H23FN2O. The standard InChI is InChI=1S/C19H23FN2O/c1-19(2,3)16-6-4-5-7-17(16)22-18(23)12-13-21-15-10-8-14(20)9-11-15/h4-11,21H,12-13H2,1-3H3,(H,22,23). The SMILES string of the molecule is CC(C)(C)c1ccccc1NC(=O)CCNc1ccc(F)cc1. The second-order valence-electron chi connectivity index (χ2n) is 6.53. The van der Waals surface area contributed by atoms with Crippen molar-refractivity contribution in [3.8, 4) is 0 Å². The summed E-state index contributed by atoms with van der Waals surface area (Å²) in [6.07, 6.45) is 0.343. The Kier molecular flexibility index (Phi) is 5.37. The predicted octanol–water partition coefficient (Wildman–Crippen LogP) is 4.56. The van der Waals surface area contributed by atoms with Crippen LogP contribution in [0.25, 0.3) is 0 Å². The van der Waals surface area contributed by atoms with Gasteiger partial charge in [0.25, 0.3) is 0 Å². The number of hydrogen-bond acceptors (Lipinski definition) is 2. The summed E-state index contributed by atoms with van der Waals surface area (Å²) in [5.41, 5.74) is 2.73. The van der Waals surface area contributed by atoms with E-state index in [0.29, 0.717) is 13.0 Å². The molecule has 0 aliphatic rings. The summed E-state index contributed by atoms with van der Waals surface area (Å²) in [7, 11) is 0. The van der Waals surface area contributed by atoms with Crippen LogP contribution in [0.1, 0.15) is 32.8 Å². The molecule has 0 saturated carbocycles. The van der Waals surface area contributed by atoms with Crippen LogP contribution in [0, 0.1) is 5.82 Å². The molecule has 0 saturated heterocycles. The molecule has 0 atom stereocenters. The Hall–Kier alpha value is -2.36. The van der Waals surface area contributed by atoms with Crippen LogP contribution in [0.3, 0.4) is 0 Å². The summed E-state index contributed by atoms with van der Waals surface area (Å²) in [6, 6.07) is 13.9. The zero-order chi connectivity index (χ0) is 16.9. The van der Waals surface area contributed by atoms with E-state index in [1.54, 1.807) is 12.1 Å². The highest BCUT2D eigenvalue weighted by Gasteiger charge is 2.18. The van der Waals surface area contributed by atoms with E-state index in [4.69, 9.17) is 0 Å². The molecule has 122 valence electrons. The molecule has 1 amide bonds. The van der Waals surface area contributed by atoms with E-state index >= 15 is 0 Å². The van der Waals surface area contributed by atoms with Crippen LogP contribution < -0.4 is 10.6 Å². The van der Waals surface area contributed by atoms with Crippen molar-refractivity contribution in [2.24, 2.45) is 0 Å². The van der Waals surface area contributed by atoms with Crippen molar-refractivity contribution in [2.45, 2.75) is 32.6 Å². The van der Waals surface area contributed by atoms with Crippen LogP contribution in [0.4, 0.5) is 15.8 Å². The van der Waals surface area contributed by atoms with E-state index in [1.807, 2.05) is 24.3 Å². The van der Waals surface area contributed by atoms with E-state index in [9.17, 15) is 9.18 Å². The van der Waals surface area contributed by atoms with Crippen molar-refractivity contribution in [3.05, 3.63) is 59.9 Å². The molecular weight excluding hydrogens is 291 g/mol. The van der Waals surface area contributed by atoms with Crippen molar-refractivity contribution < 1.29 is 9.18 Å². The van der Waals surface area contributed by atoms with Crippen molar-refractivity contribution in [3.63, 3.8) is 0 Å². The summed E-state index contributed by atoms with van der Waals surface area (Å²) < 4.78 is 12.8. The third-order valence-electron chi connectivity index (χ3n) is 3.53. The smallest absolute Gasteiger partial charge is 0.226 e. The Labute approximate surface area is 136 Å². The van der Waals surface area contributed by atoms with Crippen molar-refractivity contribution in [1.29, 1.82) is 0 Å². The van der Waals surface area contributed by atoms with Crippen LogP contribution in [0.2, 0.25) is 0 Å². The van der Waals surface area contributed by atoms with Gasteiger partial charge in [0.2, 0.25) is 5.91 Å². The van der Waals surface area contributed by atoms with E-state index in [-0.39, 0.29) is 17.1 Å². The van der Waals surface area contributed by atoms with Crippen molar-refractivity contribution >= 4 is 17.3 Å². The molecule has 0 unspecified atom stereocenters. The van der Waals surface area contributed by atoms with Gasteiger partial charge in [-0.1, -0.05) is 39.0 Å². The molecule has 0 aliphatic heterocycles. The highest BCUT2D eigenvalue weighted by atomic mass is 19.1. The van der Waals surface area contributed by atoms with Gasteiger partial charge in [-0.2, -0.15) is 0 Å². The third-order valence-corrected chi connectivity index (χ3v) is 3.53. The molecule has 0 bridgehead atoms. The maximum atomic E-state index is 12.8. The Morgan fingerprint density at radius 2 is 1.70 bits per heavy atom. The molecule has 0 spiro atoms. The first kappa shape index (κ1) is 17.0. The van der Waals surface area contributed by atoms with Crippen molar-refractivity contribution in [2.75, 3.05) is 17.2 Å². The number of carbonyl (C=O) groups excluding carboxylic acids is 1. The largest absolute Gasteiger partial charge is 0.385 e. The zero-order valence-electron chi connectivity index (χ0n) is 13.8. The molecule has 0 aromatic heterocycles. The summed E-state index contributed by atoms with van der Waals surface area (Å²) in [6.45, 7) is 6.85. The monoisotopic (exact) mass is 314 g/mol. The molecule has 2 aromatic rings. The van der Waals surface area contributed by atoms with E-state index in [1.165, 1.54) is 12.1 Å². The topological polar surface area (TPSA) is 41.1 Å². The van der Waals surface area contributed by atoms with Crippen molar-refractivity contribution in [1.82, 2.24) is 0 Å². The molecule has 2 rings (SSSR count). The minimum Gasteiger partial charge on any atom is -0.385 e. The Morgan fingerprint density at radius 3 is 2.35 bits per heavy atom. The average molecular weight is 314 g/mol. The predicted molar refractivity (Wildman–Crippen MR) is 93.3 cm³/mol. The van der Waals surface area contributed by atoms with Crippen LogP contribution in [0.15, 0.2) is 48.5 Å². The third kappa shape index (κ3) is 5.09. The first-order valence-electron chi connectivity index (χ1n) is 7.75. The van der Waals surface area contributed by atoms with Gasteiger partial charge < -0.3 is 10.6 Å². The fraction of sp³-hybridized carbons (Fsp3) is 0.316. The molecule has 3 nitrogen and oxygen atoms in total. The van der Waals surface area contributed by atoms with Gasteiger partial charge in [0.1, 0.15) is 5.82 Å². The van der Waals surface area contributed by atoms with Gasteiger partial charge in [0.05, 0.1) is 0 Å². The lowest BCUT2D eigenvalue weighted by Gasteiger charge is -2.23. The van der Waals surface area contributed by atoms with Gasteiger partial charge in [-0.25, -0.2) is 4.39 Å². The summed E-state index contributed by atoms with van der Waals surface area (Å²) >= 11 is 0. The number of rotatable bonds is 5. The normalized spacial score (nSPS) is 11.1. The molecule has 2 N–H and O–H groups in total. The number of anilines is 2. The minimum atomic E-state index is -0.271. The van der Waals surface area contributed by atoms with Crippen LogP contribution in [-0.2, 0) is 10.2 Å². The van der Waals surface area contributed by atoms with Crippen LogP contribution >= 0.6 is 0 Å². The van der Waals surface area contributed by atoms with E-state index < -0.39 is 0 Å². The first-order valence-corrected chi connectivity index (χ1v) is 7.75. The number of hydrogen-bond donors (Lipinski definition) is 2. The number of halogens is 1. The Bertz CT molecular complexity index is 660.